The topological polar surface area (TPSA) is 58.1 Å². The van der Waals surface area contributed by atoms with Crippen LogP contribution in [0.4, 0.5) is 15.9 Å². The summed E-state index contributed by atoms with van der Waals surface area (Å²) in [5.74, 6) is 0.264. The minimum atomic E-state index is -0.363. The van der Waals surface area contributed by atoms with Crippen LogP contribution in [0.5, 0.6) is 0 Å². The van der Waals surface area contributed by atoms with Crippen LogP contribution in [0.2, 0.25) is 5.02 Å². The van der Waals surface area contributed by atoms with E-state index >= 15 is 0 Å². The van der Waals surface area contributed by atoms with Crippen LogP contribution in [0.1, 0.15) is 12.8 Å². The number of carbonyl (C=O) groups is 1. The first-order chi connectivity index (χ1) is 14.1. The molecule has 0 unspecified atom stereocenters. The van der Waals surface area contributed by atoms with Crippen molar-refractivity contribution in [2.24, 2.45) is 5.92 Å². The zero-order chi connectivity index (χ0) is 20.2. The number of hydrogen-bond donors (Lipinski definition) is 1. The second kappa shape index (κ2) is 8.57. The van der Waals surface area contributed by atoms with Crippen LogP contribution < -0.4 is 10.2 Å². The van der Waals surface area contributed by atoms with Crippen LogP contribution in [0.15, 0.2) is 60.7 Å². The Balaban J connectivity index is 1.34. The first-order valence-electron chi connectivity index (χ1n) is 9.49. The van der Waals surface area contributed by atoms with Crippen molar-refractivity contribution in [3.8, 4) is 11.3 Å². The number of nitrogens with zero attached hydrogens (tertiary/aromatic N) is 3. The van der Waals surface area contributed by atoms with Gasteiger partial charge in [0.1, 0.15) is 5.82 Å². The summed E-state index contributed by atoms with van der Waals surface area (Å²) in [4.78, 5) is 14.6. The molecule has 0 saturated carbocycles. The van der Waals surface area contributed by atoms with E-state index in [1.165, 1.54) is 12.1 Å². The smallest absolute Gasteiger partial charge is 0.227 e. The molecule has 0 bridgehead atoms. The molecule has 1 fully saturated rings. The molecule has 0 radical (unpaired) electrons. The highest BCUT2D eigenvalue weighted by atomic mass is 35.5. The van der Waals surface area contributed by atoms with E-state index in [1.54, 1.807) is 12.1 Å². The number of benzene rings is 2. The molecule has 7 heteroatoms. The van der Waals surface area contributed by atoms with Crippen molar-refractivity contribution in [3.63, 3.8) is 0 Å². The first-order valence-corrected chi connectivity index (χ1v) is 9.87. The highest BCUT2D eigenvalue weighted by Gasteiger charge is 2.26. The zero-order valence-electron chi connectivity index (χ0n) is 15.7. The molecule has 148 valence electrons. The standard InChI is InChI=1S/C22H20ClFN4O/c23-17-6-4-15(5-7-17)20-8-9-21(27-26-20)28-12-10-16(11-13-28)22(29)25-19-3-1-2-18(24)14-19/h1-9,14,16H,10-13H2,(H,25,29). The van der Waals surface area contributed by atoms with Gasteiger partial charge in [-0.3, -0.25) is 4.79 Å². The number of nitrogens with one attached hydrogen (secondary N) is 1. The van der Waals surface area contributed by atoms with E-state index in [1.807, 2.05) is 36.4 Å². The third-order valence-electron chi connectivity index (χ3n) is 5.07. The third kappa shape index (κ3) is 4.71. The molecule has 1 aliphatic heterocycles. The predicted molar refractivity (Wildman–Crippen MR) is 112 cm³/mol. The summed E-state index contributed by atoms with van der Waals surface area (Å²) in [7, 11) is 0. The number of rotatable bonds is 4. The number of halogens is 2. The fourth-order valence-electron chi connectivity index (χ4n) is 3.45. The maximum atomic E-state index is 13.3. The van der Waals surface area contributed by atoms with Crippen LogP contribution >= 0.6 is 11.6 Å². The van der Waals surface area contributed by atoms with Crippen molar-refractivity contribution in [1.29, 1.82) is 0 Å². The lowest BCUT2D eigenvalue weighted by molar-refractivity contribution is -0.120. The average Bonchev–Trinajstić information content (AvgIpc) is 2.75. The molecule has 2 aromatic carbocycles. The van der Waals surface area contributed by atoms with E-state index in [2.05, 4.69) is 20.4 Å². The van der Waals surface area contributed by atoms with Crippen molar-refractivity contribution in [3.05, 3.63) is 71.5 Å². The van der Waals surface area contributed by atoms with Crippen molar-refractivity contribution < 1.29 is 9.18 Å². The van der Waals surface area contributed by atoms with Gasteiger partial charge in [0.25, 0.3) is 0 Å². The summed E-state index contributed by atoms with van der Waals surface area (Å²) < 4.78 is 13.3. The number of anilines is 2. The van der Waals surface area contributed by atoms with Gasteiger partial charge in [0, 0.05) is 35.3 Å². The molecule has 2 heterocycles. The van der Waals surface area contributed by atoms with Gasteiger partial charge in [-0.15, -0.1) is 10.2 Å². The molecule has 1 aromatic heterocycles. The second-order valence-corrected chi connectivity index (χ2v) is 7.48. The first kappa shape index (κ1) is 19.3. The molecule has 1 N–H and O–H groups in total. The lowest BCUT2D eigenvalue weighted by Gasteiger charge is -2.31. The third-order valence-corrected chi connectivity index (χ3v) is 5.32. The maximum Gasteiger partial charge on any atom is 0.227 e. The minimum absolute atomic E-state index is 0.0700. The second-order valence-electron chi connectivity index (χ2n) is 7.04. The molecule has 4 rings (SSSR count). The van der Waals surface area contributed by atoms with Gasteiger partial charge in [0.2, 0.25) is 5.91 Å². The minimum Gasteiger partial charge on any atom is -0.355 e. The molecule has 3 aromatic rings. The van der Waals surface area contributed by atoms with E-state index in [0.717, 1.165) is 30.2 Å². The van der Waals surface area contributed by atoms with Gasteiger partial charge in [0.05, 0.1) is 5.69 Å². The fourth-order valence-corrected chi connectivity index (χ4v) is 3.58. The molecule has 5 nitrogen and oxygen atoms in total. The van der Waals surface area contributed by atoms with Crippen LogP contribution in [-0.4, -0.2) is 29.2 Å². The molecule has 0 atom stereocenters. The number of carbonyl (C=O) groups excluding carboxylic acids is 1. The summed E-state index contributed by atoms with van der Waals surface area (Å²) in [5, 5.41) is 12.2. The SMILES string of the molecule is O=C(Nc1cccc(F)c1)C1CCN(c2ccc(-c3ccc(Cl)cc3)nn2)CC1. The average molecular weight is 411 g/mol. The molecule has 0 aliphatic carbocycles. The lowest BCUT2D eigenvalue weighted by atomic mass is 9.96. The Morgan fingerprint density at radius 3 is 2.45 bits per heavy atom. The number of aromatic nitrogens is 2. The van der Waals surface area contributed by atoms with Crippen molar-refractivity contribution in [2.75, 3.05) is 23.3 Å². The molecular weight excluding hydrogens is 391 g/mol. The van der Waals surface area contributed by atoms with Gasteiger partial charge in [-0.25, -0.2) is 4.39 Å². The van der Waals surface area contributed by atoms with Gasteiger partial charge in [-0.2, -0.15) is 0 Å². The van der Waals surface area contributed by atoms with E-state index in [4.69, 9.17) is 11.6 Å². The van der Waals surface area contributed by atoms with Crippen LogP contribution in [0, 0.1) is 11.7 Å². The van der Waals surface area contributed by atoms with Gasteiger partial charge in [-0.1, -0.05) is 29.8 Å². The summed E-state index contributed by atoms with van der Waals surface area (Å²) >= 11 is 5.92. The Morgan fingerprint density at radius 2 is 1.79 bits per heavy atom. The van der Waals surface area contributed by atoms with E-state index < -0.39 is 0 Å². The number of hydrogen-bond acceptors (Lipinski definition) is 4. The molecule has 1 aliphatic rings. The fraction of sp³-hybridized carbons (Fsp3) is 0.227. The van der Waals surface area contributed by atoms with Crippen LogP contribution in [-0.2, 0) is 4.79 Å². The molecule has 1 amide bonds. The van der Waals surface area contributed by atoms with Gasteiger partial charge in [0.15, 0.2) is 5.82 Å². The summed E-state index contributed by atoms with van der Waals surface area (Å²) in [5.41, 5.74) is 2.23. The Hall–Kier alpha value is -2.99. The van der Waals surface area contributed by atoms with E-state index in [9.17, 15) is 9.18 Å². The molecule has 1 saturated heterocycles. The number of amides is 1. The van der Waals surface area contributed by atoms with Crippen molar-refractivity contribution in [1.82, 2.24) is 10.2 Å². The molecule has 0 spiro atoms. The lowest BCUT2D eigenvalue weighted by Crippen LogP contribution is -2.38. The van der Waals surface area contributed by atoms with E-state index in [-0.39, 0.29) is 17.6 Å². The Morgan fingerprint density at radius 1 is 1.03 bits per heavy atom. The largest absolute Gasteiger partial charge is 0.355 e. The highest BCUT2D eigenvalue weighted by Crippen LogP contribution is 2.25. The van der Waals surface area contributed by atoms with Gasteiger partial charge in [-0.05, 0) is 55.3 Å². The summed E-state index contributed by atoms with van der Waals surface area (Å²) in [6.45, 7) is 1.44. The summed E-state index contributed by atoms with van der Waals surface area (Å²) in [6.07, 6.45) is 1.42. The molecular formula is C22H20ClFN4O. The Labute approximate surface area is 173 Å². The zero-order valence-corrected chi connectivity index (χ0v) is 16.4. The Bertz CT molecular complexity index is 986. The number of piperidine rings is 1. The van der Waals surface area contributed by atoms with Gasteiger partial charge < -0.3 is 10.2 Å². The normalized spacial score (nSPS) is 14.6. The van der Waals surface area contributed by atoms with Crippen molar-refractivity contribution in [2.45, 2.75) is 12.8 Å². The molecule has 29 heavy (non-hydrogen) atoms. The monoisotopic (exact) mass is 410 g/mol. The quantitative estimate of drug-likeness (QED) is 0.671. The Kier molecular flexibility index (Phi) is 5.71. The van der Waals surface area contributed by atoms with Crippen molar-refractivity contribution >= 4 is 29.0 Å². The highest BCUT2D eigenvalue weighted by molar-refractivity contribution is 6.30. The van der Waals surface area contributed by atoms with Crippen LogP contribution in [0.25, 0.3) is 11.3 Å². The van der Waals surface area contributed by atoms with E-state index in [0.29, 0.717) is 23.6 Å². The summed E-state index contributed by atoms with van der Waals surface area (Å²) in [6, 6.07) is 17.3. The predicted octanol–water partition coefficient (Wildman–Crippen LogP) is 4.79. The van der Waals surface area contributed by atoms with Crippen LogP contribution in [0.3, 0.4) is 0 Å². The van der Waals surface area contributed by atoms with Gasteiger partial charge >= 0.3 is 0 Å². The maximum absolute atomic E-state index is 13.3.